The number of benzene rings is 2. The Morgan fingerprint density at radius 2 is 1.90 bits per heavy atom. The lowest BCUT2D eigenvalue weighted by Gasteiger charge is -2.09. The average molecular weight is 282 g/mol. The molecule has 21 heavy (non-hydrogen) atoms. The summed E-state index contributed by atoms with van der Waals surface area (Å²) in [5.41, 5.74) is 9.17. The highest BCUT2D eigenvalue weighted by molar-refractivity contribution is 5.84. The van der Waals surface area contributed by atoms with Gasteiger partial charge < -0.3 is 20.1 Å². The Kier molecular flexibility index (Phi) is 3.54. The quantitative estimate of drug-likeness (QED) is 0.773. The van der Waals surface area contributed by atoms with Crippen LogP contribution in [0.15, 0.2) is 48.5 Å². The summed E-state index contributed by atoms with van der Waals surface area (Å²) in [7, 11) is 2.02. The highest BCUT2D eigenvalue weighted by Crippen LogP contribution is 2.24. The molecule has 0 aliphatic carbocycles. The van der Waals surface area contributed by atoms with Crippen molar-refractivity contribution in [3.05, 3.63) is 59.8 Å². The number of hydrogen-bond acceptors (Lipinski definition) is 3. The van der Waals surface area contributed by atoms with E-state index in [0.717, 1.165) is 22.5 Å². The van der Waals surface area contributed by atoms with E-state index in [9.17, 15) is 5.11 Å². The van der Waals surface area contributed by atoms with Crippen molar-refractivity contribution in [3.8, 4) is 11.5 Å². The number of phenols is 1. The number of aromatic nitrogens is 1. The van der Waals surface area contributed by atoms with Crippen LogP contribution in [-0.4, -0.2) is 9.67 Å². The molecule has 1 heterocycles. The first-order chi connectivity index (χ1) is 10.2. The minimum Gasteiger partial charge on any atom is -0.508 e. The van der Waals surface area contributed by atoms with E-state index < -0.39 is 0 Å². The van der Waals surface area contributed by atoms with Crippen molar-refractivity contribution in [2.75, 3.05) is 0 Å². The second kappa shape index (κ2) is 5.50. The van der Waals surface area contributed by atoms with Crippen LogP contribution >= 0.6 is 0 Å². The average Bonchev–Trinajstić information content (AvgIpc) is 2.83. The topological polar surface area (TPSA) is 60.4 Å². The number of aryl methyl sites for hydroxylation is 1. The van der Waals surface area contributed by atoms with Crippen LogP contribution in [0.5, 0.6) is 11.5 Å². The SMILES string of the molecule is Cn1c(COc2ccc(O)cc2)cc2cccc(CN)c21. The Labute approximate surface area is 123 Å². The summed E-state index contributed by atoms with van der Waals surface area (Å²) in [5, 5.41) is 10.4. The zero-order valence-corrected chi connectivity index (χ0v) is 11.9. The van der Waals surface area contributed by atoms with Crippen LogP contribution in [0.3, 0.4) is 0 Å². The van der Waals surface area contributed by atoms with Gasteiger partial charge in [-0.05, 0) is 35.9 Å². The van der Waals surface area contributed by atoms with Crippen LogP contribution < -0.4 is 10.5 Å². The molecule has 0 spiro atoms. The van der Waals surface area contributed by atoms with E-state index in [-0.39, 0.29) is 5.75 Å². The number of fused-ring (bicyclic) bond motifs is 1. The predicted molar refractivity (Wildman–Crippen MR) is 83.2 cm³/mol. The molecule has 0 fully saturated rings. The van der Waals surface area contributed by atoms with Crippen molar-refractivity contribution in [2.24, 2.45) is 12.8 Å². The minimum absolute atomic E-state index is 0.236. The van der Waals surface area contributed by atoms with E-state index in [1.807, 2.05) is 19.2 Å². The minimum atomic E-state index is 0.236. The Morgan fingerprint density at radius 1 is 1.14 bits per heavy atom. The fourth-order valence-electron chi connectivity index (χ4n) is 2.56. The van der Waals surface area contributed by atoms with Crippen LogP contribution in [0.4, 0.5) is 0 Å². The normalized spacial score (nSPS) is 11.0. The summed E-state index contributed by atoms with van der Waals surface area (Å²) in [5.74, 6) is 0.969. The van der Waals surface area contributed by atoms with Crippen molar-refractivity contribution in [1.82, 2.24) is 4.57 Å². The van der Waals surface area contributed by atoms with Gasteiger partial charge in [-0.1, -0.05) is 18.2 Å². The van der Waals surface area contributed by atoms with E-state index in [4.69, 9.17) is 10.5 Å². The second-order valence-electron chi connectivity index (χ2n) is 5.04. The Hall–Kier alpha value is -2.46. The van der Waals surface area contributed by atoms with Gasteiger partial charge in [0.2, 0.25) is 0 Å². The Morgan fingerprint density at radius 3 is 2.62 bits per heavy atom. The summed E-state index contributed by atoms with van der Waals surface area (Å²) in [4.78, 5) is 0. The molecule has 0 amide bonds. The van der Waals surface area contributed by atoms with Gasteiger partial charge >= 0.3 is 0 Å². The van der Waals surface area contributed by atoms with Gasteiger partial charge in [-0.3, -0.25) is 0 Å². The van der Waals surface area contributed by atoms with E-state index in [1.54, 1.807) is 24.3 Å². The zero-order valence-electron chi connectivity index (χ0n) is 11.9. The number of hydrogen-bond donors (Lipinski definition) is 2. The smallest absolute Gasteiger partial charge is 0.128 e. The lowest BCUT2D eigenvalue weighted by atomic mass is 10.1. The fourth-order valence-corrected chi connectivity index (χ4v) is 2.56. The van der Waals surface area contributed by atoms with Crippen LogP contribution in [0.1, 0.15) is 11.3 Å². The highest BCUT2D eigenvalue weighted by atomic mass is 16.5. The first-order valence-electron chi connectivity index (χ1n) is 6.87. The predicted octanol–water partition coefficient (Wildman–Crippen LogP) is 2.92. The molecule has 1 aromatic heterocycles. The number of phenolic OH excluding ortho intramolecular Hbond substituents is 1. The van der Waals surface area contributed by atoms with Gasteiger partial charge in [0.05, 0.1) is 11.2 Å². The maximum absolute atomic E-state index is 9.27. The molecular formula is C17H18N2O2. The van der Waals surface area contributed by atoms with Crippen molar-refractivity contribution < 1.29 is 9.84 Å². The van der Waals surface area contributed by atoms with E-state index in [2.05, 4.69) is 16.7 Å². The second-order valence-corrected chi connectivity index (χ2v) is 5.04. The largest absolute Gasteiger partial charge is 0.508 e. The monoisotopic (exact) mass is 282 g/mol. The summed E-state index contributed by atoms with van der Waals surface area (Å²) >= 11 is 0. The van der Waals surface area contributed by atoms with E-state index in [0.29, 0.717) is 13.2 Å². The number of ether oxygens (including phenoxy) is 1. The Balaban J connectivity index is 1.87. The lowest BCUT2D eigenvalue weighted by molar-refractivity contribution is 0.297. The summed E-state index contributed by atoms with van der Waals surface area (Å²) in [6.07, 6.45) is 0. The molecule has 3 rings (SSSR count). The number of aromatic hydroxyl groups is 1. The van der Waals surface area contributed by atoms with Gasteiger partial charge in [0.25, 0.3) is 0 Å². The Bertz CT molecular complexity index is 760. The number of para-hydroxylation sites is 1. The molecule has 0 unspecified atom stereocenters. The van der Waals surface area contributed by atoms with Gasteiger partial charge in [-0.2, -0.15) is 0 Å². The van der Waals surface area contributed by atoms with Crippen molar-refractivity contribution in [1.29, 1.82) is 0 Å². The number of rotatable bonds is 4. The first kappa shape index (κ1) is 13.5. The third-order valence-corrected chi connectivity index (χ3v) is 3.68. The standard InChI is InChI=1S/C17H18N2O2/c1-19-14(11-21-16-7-5-15(20)6-8-16)9-12-3-2-4-13(10-18)17(12)19/h2-9,20H,10-11,18H2,1H3. The fraction of sp³-hybridized carbons (Fsp3) is 0.176. The molecule has 0 aliphatic rings. The van der Waals surface area contributed by atoms with E-state index in [1.165, 1.54) is 5.39 Å². The number of nitrogens with zero attached hydrogens (tertiary/aromatic N) is 1. The third-order valence-electron chi connectivity index (χ3n) is 3.68. The molecule has 4 heteroatoms. The summed E-state index contributed by atoms with van der Waals surface area (Å²) in [6, 6.07) is 15.0. The van der Waals surface area contributed by atoms with Crippen LogP contribution in [0.2, 0.25) is 0 Å². The molecule has 3 aromatic rings. The molecule has 3 N–H and O–H groups in total. The maximum atomic E-state index is 9.27. The van der Waals surface area contributed by atoms with Gasteiger partial charge in [0.15, 0.2) is 0 Å². The van der Waals surface area contributed by atoms with Crippen LogP contribution in [-0.2, 0) is 20.2 Å². The first-order valence-corrected chi connectivity index (χ1v) is 6.87. The molecule has 0 saturated heterocycles. The molecule has 0 radical (unpaired) electrons. The number of nitrogens with two attached hydrogens (primary N) is 1. The molecule has 0 atom stereocenters. The van der Waals surface area contributed by atoms with Gasteiger partial charge in [0.1, 0.15) is 18.1 Å². The van der Waals surface area contributed by atoms with Gasteiger partial charge in [-0.25, -0.2) is 0 Å². The maximum Gasteiger partial charge on any atom is 0.128 e. The highest BCUT2D eigenvalue weighted by Gasteiger charge is 2.09. The molecule has 4 nitrogen and oxygen atoms in total. The molecule has 0 bridgehead atoms. The van der Waals surface area contributed by atoms with Gasteiger partial charge in [-0.15, -0.1) is 0 Å². The molecular weight excluding hydrogens is 264 g/mol. The lowest BCUT2D eigenvalue weighted by Crippen LogP contribution is -2.04. The van der Waals surface area contributed by atoms with Crippen LogP contribution in [0.25, 0.3) is 10.9 Å². The van der Waals surface area contributed by atoms with Gasteiger partial charge in [0, 0.05) is 19.0 Å². The van der Waals surface area contributed by atoms with Crippen molar-refractivity contribution >= 4 is 10.9 Å². The molecule has 108 valence electrons. The zero-order chi connectivity index (χ0) is 14.8. The summed E-state index contributed by atoms with van der Waals surface area (Å²) in [6.45, 7) is 0.993. The van der Waals surface area contributed by atoms with Crippen LogP contribution in [0, 0.1) is 0 Å². The summed E-state index contributed by atoms with van der Waals surface area (Å²) < 4.78 is 7.89. The van der Waals surface area contributed by atoms with Crippen molar-refractivity contribution in [2.45, 2.75) is 13.2 Å². The molecule has 0 saturated carbocycles. The van der Waals surface area contributed by atoms with Crippen molar-refractivity contribution in [3.63, 3.8) is 0 Å². The van der Waals surface area contributed by atoms with E-state index >= 15 is 0 Å². The molecule has 2 aromatic carbocycles. The molecule has 0 aliphatic heterocycles. The third kappa shape index (κ3) is 2.58.